The minimum Gasteiger partial charge on any atom is -0.493 e. The van der Waals surface area contributed by atoms with Crippen LogP contribution in [0.25, 0.3) is 0 Å². The van der Waals surface area contributed by atoms with Gasteiger partial charge in [0.1, 0.15) is 0 Å². The zero-order valence-corrected chi connectivity index (χ0v) is 15.5. The van der Waals surface area contributed by atoms with Crippen LogP contribution in [-0.4, -0.2) is 41.5 Å². The molecule has 0 bridgehead atoms. The minimum absolute atomic E-state index is 0.236. The summed E-state index contributed by atoms with van der Waals surface area (Å²) in [6, 6.07) is 8.56. The van der Waals surface area contributed by atoms with Crippen molar-refractivity contribution in [1.82, 2.24) is 5.32 Å². The van der Waals surface area contributed by atoms with E-state index in [0.717, 1.165) is 5.56 Å². The highest BCUT2D eigenvalue weighted by atomic mass is 16.5. The molecule has 0 heterocycles. The Morgan fingerprint density at radius 1 is 0.769 bits per heavy atom. The summed E-state index contributed by atoms with van der Waals surface area (Å²) in [5.74, 6) is 2.38. The summed E-state index contributed by atoms with van der Waals surface area (Å²) >= 11 is 0. The molecule has 2 aromatic carbocycles. The maximum Gasteiger partial charge on any atom is 0.251 e. The molecule has 0 radical (unpaired) electrons. The SMILES string of the molecule is COc1ccc(C(=O)NCc2cc(OC)c(OC)c(OC)c2)cc1OC. The number of carbonyl (C=O) groups is 1. The Labute approximate surface area is 152 Å². The third-order valence-electron chi connectivity index (χ3n) is 3.82. The fourth-order valence-electron chi connectivity index (χ4n) is 2.50. The van der Waals surface area contributed by atoms with Crippen molar-refractivity contribution >= 4 is 5.91 Å². The van der Waals surface area contributed by atoms with Gasteiger partial charge in [-0.2, -0.15) is 0 Å². The molecule has 0 unspecified atom stereocenters. The summed E-state index contributed by atoms with van der Waals surface area (Å²) in [7, 11) is 7.70. The second kappa shape index (κ2) is 8.84. The Morgan fingerprint density at radius 2 is 1.35 bits per heavy atom. The molecule has 7 heteroatoms. The topological polar surface area (TPSA) is 75.3 Å². The van der Waals surface area contributed by atoms with Crippen molar-refractivity contribution in [3.63, 3.8) is 0 Å². The van der Waals surface area contributed by atoms with Crippen LogP contribution in [0.5, 0.6) is 28.7 Å². The molecule has 140 valence electrons. The number of rotatable bonds is 8. The molecule has 0 aliphatic heterocycles. The lowest BCUT2D eigenvalue weighted by atomic mass is 10.1. The molecule has 2 aromatic rings. The molecular weight excluding hydrogens is 338 g/mol. The van der Waals surface area contributed by atoms with Crippen molar-refractivity contribution in [3.8, 4) is 28.7 Å². The Morgan fingerprint density at radius 3 is 1.85 bits per heavy atom. The first kappa shape index (κ1) is 19.2. The fourth-order valence-corrected chi connectivity index (χ4v) is 2.50. The lowest BCUT2D eigenvalue weighted by Crippen LogP contribution is -2.22. The second-order valence-electron chi connectivity index (χ2n) is 5.29. The van der Waals surface area contributed by atoms with Gasteiger partial charge >= 0.3 is 0 Å². The monoisotopic (exact) mass is 361 g/mol. The van der Waals surface area contributed by atoms with Crippen molar-refractivity contribution in [3.05, 3.63) is 41.5 Å². The highest BCUT2D eigenvalue weighted by Gasteiger charge is 2.15. The molecule has 0 saturated heterocycles. The summed E-state index contributed by atoms with van der Waals surface area (Å²) in [6.45, 7) is 0.296. The average Bonchev–Trinajstić information content (AvgIpc) is 2.70. The molecule has 0 aliphatic rings. The fraction of sp³-hybridized carbons (Fsp3) is 0.316. The van der Waals surface area contributed by atoms with E-state index in [4.69, 9.17) is 23.7 Å². The van der Waals surface area contributed by atoms with Gasteiger partial charge in [0.05, 0.1) is 35.5 Å². The summed E-state index contributed by atoms with van der Waals surface area (Å²) in [5, 5.41) is 2.86. The quantitative estimate of drug-likeness (QED) is 0.779. The third-order valence-corrected chi connectivity index (χ3v) is 3.82. The highest BCUT2D eigenvalue weighted by Crippen LogP contribution is 2.38. The van der Waals surface area contributed by atoms with Gasteiger partial charge in [-0.15, -0.1) is 0 Å². The summed E-state index contributed by atoms with van der Waals surface area (Å²) in [6.07, 6.45) is 0. The van der Waals surface area contributed by atoms with Gasteiger partial charge in [0.2, 0.25) is 5.75 Å². The molecule has 2 rings (SSSR count). The van der Waals surface area contributed by atoms with Crippen LogP contribution in [0.1, 0.15) is 15.9 Å². The average molecular weight is 361 g/mol. The Balaban J connectivity index is 2.17. The zero-order valence-electron chi connectivity index (χ0n) is 15.5. The molecule has 0 aliphatic carbocycles. The van der Waals surface area contributed by atoms with Gasteiger partial charge < -0.3 is 29.0 Å². The van der Waals surface area contributed by atoms with Crippen LogP contribution in [0, 0.1) is 0 Å². The van der Waals surface area contributed by atoms with Gasteiger partial charge in [0, 0.05) is 12.1 Å². The number of hydrogen-bond acceptors (Lipinski definition) is 6. The third kappa shape index (κ3) is 4.11. The summed E-state index contributed by atoms with van der Waals surface area (Å²) < 4.78 is 26.3. The molecule has 7 nitrogen and oxygen atoms in total. The standard InChI is InChI=1S/C19H23NO6/c1-22-14-7-6-13(10-15(14)23-2)19(21)20-11-12-8-16(24-3)18(26-5)17(9-12)25-4/h6-10H,11H2,1-5H3,(H,20,21). The molecule has 0 saturated carbocycles. The van der Waals surface area contributed by atoms with Crippen LogP contribution < -0.4 is 29.0 Å². The number of nitrogens with one attached hydrogen (secondary N) is 1. The molecule has 26 heavy (non-hydrogen) atoms. The van der Waals surface area contributed by atoms with Crippen LogP contribution in [0.4, 0.5) is 0 Å². The van der Waals surface area contributed by atoms with Gasteiger partial charge in [-0.05, 0) is 35.9 Å². The van der Waals surface area contributed by atoms with E-state index in [-0.39, 0.29) is 5.91 Å². The Bertz CT molecular complexity index is 750. The Hall–Kier alpha value is -3.09. The van der Waals surface area contributed by atoms with Crippen molar-refractivity contribution in [1.29, 1.82) is 0 Å². The lowest BCUT2D eigenvalue weighted by molar-refractivity contribution is 0.0950. The first-order chi connectivity index (χ1) is 12.6. The second-order valence-corrected chi connectivity index (χ2v) is 5.29. The first-order valence-corrected chi connectivity index (χ1v) is 7.87. The van der Waals surface area contributed by atoms with E-state index in [0.29, 0.717) is 40.9 Å². The molecule has 0 spiro atoms. The molecule has 1 amide bonds. The van der Waals surface area contributed by atoms with Gasteiger partial charge in [-0.3, -0.25) is 4.79 Å². The number of amides is 1. The predicted octanol–water partition coefficient (Wildman–Crippen LogP) is 2.66. The van der Waals surface area contributed by atoms with E-state index in [1.54, 1.807) is 58.8 Å². The minimum atomic E-state index is -0.236. The van der Waals surface area contributed by atoms with Crippen LogP contribution in [0.3, 0.4) is 0 Å². The predicted molar refractivity (Wildman–Crippen MR) is 96.8 cm³/mol. The largest absolute Gasteiger partial charge is 0.493 e. The van der Waals surface area contributed by atoms with E-state index in [1.807, 2.05) is 0 Å². The number of ether oxygens (including phenoxy) is 5. The van der Waals surface area contributed by atoms with Gasteiger partial charge in [-0.1, -0.05) is 0 Å². The van der Waals surface area contributed by atoms with Crippen molar-refractivity contribution < 1.29 is 28.5 Å². The number of benzene rings is 2. The van der Waals surface area contributed by atoms with Gasteiger partial charge in [0.15, 0.2) is 23.0 Å². The van der Waals surface area contributed by atoms with Crippen LogP contribution in [0.2, 0.25) is 0 Å². The van der Waals surface area contributed by atoms with Crippen LogP contribution in [-0.2, 0) is 6.54 Å². The molecule has 0 aromatic heterocycles. The van der Waals surface area contributed by atoms with Crippen LogP contribution in [0.15, 0.2) is 30.3 Å². The van der Waals surface area contributed by atoms with E-state index in [1.165, 1.54) is 7.11 Å². The van der Waals surface area contributed by atoms with Gasteiger partial charge in [-0.25, -0.2) is 0 Å². The first-order valence-electron chi connectivity index (χ1n) is 7.87. The van der Waals surface area contributed by atoms with E-state index in [9.17, 15) is 4.79 Å². The zero-order chi connectivity index (χ0) is 19.1. The summed E-state index contributed by atoms with van der Waals surface area (Å²) in [4.78, 5) is 12.4. The smallest absolute Gasteiger partial charge is 0.251 e. The normalized spacial score (nSPS) is 10.0. The van der Waals surface area contributed by atoms with Gasteiger partial charge in [0.25, 0.3) is 5.91 Å². The maximum atomic E-state index is 12.4. The van der Waals surface area contributed by atoms with E-state index in [2.05, 4.69) is 5.32 Å². The number of carbonyl (C=O) groups excluding carboxylic acids is 1. The van der Waals surface area contributed by atoms with Crippen LogP contribution >= 0.6 is 0 Å². The summed E-state index contributed by atoms with van der Waals surface area (Å²) in [5.41, 5.74) is 1.28. The molecular formula is C19H23NO6. The van der Waals surface area contributed by atoms with E-state index >= 15 is 0 Å². The lowest BCUT2D eigenvalue weighted by Gasteiger charge is -2.14. The van der Waals surface area contributed by atoms with Crippen molar-refractivity contribution in [2.24, 2.45) is 0 Å². The van der Waals surface area contributed by atoms with E-state index < -0.39 is 0 Å². The van der Waals surface area contributed by atoms with Crippen molar-refractivity contribution in [2.45, 2.75) is 6.54 Å². The number of hydrogen-bond donors (Lipinski definition) is 1. The molecule has 0 atom stereocenters. The molecule has 1 N–H and O–H groups in total. The Kier molecular flexibility index (Phi) is 6.54. The van der Waals surface area contributed by atoms with Crippen molar-refractivity contribution in [2.75, 3.05) is 35.5 Å². The highest BCUT2D eigenvalue weighted by molar-refractivity contribution is 5.94. The molecule has 0 fully saturated rings. The number of methoxy groups -OCH3 is 5. The maximum absolute atomic E-state index is 12.4.